The van der Waals surface area contributed by atoms with Crippen LogP contribution in [0.15, 0.2) is 12.2 Å². The average molecular weight is 250 g/mol. The van der Waals surface area contributed by atoms with Crippen molar-refractivity contribution >= 4 is 11.8 Å². The van der Waals surface area contributed by atoms with Gasteiger partial charge < -0.3 is 9.80 Å². The van der Waals surface area contributed by atoms with Gasteiger partial charge in [-0.3, -0.25) is 9.59 Å². The van der Waals surface area contributed by atoms with E-state index in [9.17, 15) is 9.59 Å². The van der Waals surface area contributed by atoms with E-state index in [1.807, 2.05) is 18.7 Å². The summed E-state index contributed by atoms with van der Waals surface area (Å²) in [6, 6.07) is 0.423. The van der Waals surface area contributed by atoms with Crippen molar-refractivity contribution in [1.82, 2.24) is 9.80 Å². The molecule has 0 aromatic carbocycles. The standard InChI is InChI=1S/C14H22N2O2/c1-4-15(8-10(2)3)14(18)11-7-13(17)16(9-11)12-5-6-12/h11-12H,2,4-9H2,1,3H3/t11-/m0/s1. The first-order valence-electron chi connectivity index (χ1n) is 6.75. The van der Waals surface area contributed by atoms with Crippen molar-refractivity contribution in [1.29, 1.82) is 0 Å². The number of carbonyl (C=O) groups excluding carboxylic acids is 2. The summed E-state index contributed by atoms with van der Waals surface area (Å²) < 4.78 is 0. The zero-order valence-electron chi connectivity index (χ0n) is 11.3. The van der Waals surface area contributed by atoms with E-state index < -0.39 is 0 Å². The van der Waals surface area contributed by atoms with Crippen LogP contribution in [0.25, 0.3) is 0 Å². The van der Waals surface area contributed by atoms with Gasteiger partial charge in [0.15, 0.2) is 0 Å². The third-order valence-electron chi connectivity index (χ3n) is 3.65. The van der Waals surface area contributed by atoms with Gasteiger partial charge in [-0.1, -0.05) is 12.2 Å². The Bertz CT molecular complexity index is 374. The molecule has 0 N–H and O–H groups in total. The second-order valence-electron chi connectivity index (χ2n) is 5.49. The molecule has 1 aliphatic carbocycles. The summed E-state index contributed by atoms with van der Waals surface area (Å²) in [5, 5.41) is 0. The van der Waals surface area contributed by atoms with Gasteiger partial charge in [0, 0.05) is 32.1 Å². The van der Waals surface area contributed by atoms with Crippen molar-refractivity contribution in [2.75, 3.05) is 19.6 Å². The minimum Gasteiger partial charge on any atom is -0.339 e. The molecular weight excluding hydrogens is 228 g/mol. The number of hydrogen-bond acceptors (Lipinski definition) is 2. The zero-order valence-corrected chi connectivity index (χ0v) is 11.3. The minimum absolute atomic E-state index is 0.108. The lowest BCUT2D eigenvalue weighted by Gasteiger charge is -2.24. The lowest BCUT2D eigenvalue weighted by atomic mass is 10.1. The maximum atomic E-state index is 12.4. The maximum absolute atomic E-state index is 12.4. The molecule has 1 heterocycles. The van der Waals surface area contributed by atoms with Gasteiger partial charge >= 0.3 is 0 Å². The molecule has 1 saturated heterocycles. The van der Waals surface area contributed by atoms with Crippen LogP contribution in [0.3, 0.4) is 0 Å². The van der Waals surface area contributed by atoms with Crippen molar-refractivity contribution in [3.05, 3.63) is 12.2 Å². The molecule has 2 rings (SSSR count). The number of likely N-dealkylation sites (N-methyl/N-ethyl adjacent to an activating group) is 1. The van der Waals surface area contributed by atoms with Gasteiger partial charge in [-0.15, -0.1) is 0 Å². The number of rotatable bonds is 5. The summed E-state index contributed by atoms with van der Waals surface area (Å²) in [5.41, 5.74) is 0.980. The Morgan fingerprint density at radius 2 is 2.17 bits per heavy atom. The van der Waals surface area contributed by atoms with Crippen LogP contribution in [0.5, 0.6) is 0 Å². The molecule has 1 atom stereocenters. The van der Waals surface area contributed by atoms with Crippen LogP contribution in [0, 0.1) is 5.92 Å². The number of nitrogens with zero attached hydrogens (tertiary/aromatic N) is 2. The van der Waals surface area contributed by atoms with E-state index in [2.05, 4.69) is 6.58 Å². The van der Waals surface area contributed by atoms with E-state index in [1.165, 1.54) is 0 Å². The highest BCUT2D eigenvalue weighted by molar-refractivity contribution is 5.89. The first-order valence-corrected chi connectivity index (χ1v) is 6.75. The van der Waals surface area contributed by atoms with Gasteiger partial charge in [0.1, 0.15) is 0 Å². The zero-order chi connectivity index (χ0) is 13.3. The molecule has 1 saturated carbocycles. The van der Waals surface area contributed by atoms with Crippen LogP contribution in [0.2, 0.25) is 0 Å². The van der Waals surface area contributed by atoms with Crippen LogP contribution < -0.4 is 0 Å². The molecule has 2 fully saturated rings. The lowest BCUT2D eigenvalue weighted by Crippen LogP contribution is -2.38. The molecule has 0 aromatic rings. The lowest BCUT2D eigenvalue weighted by molar-refractivity contribution is -0.135. The van der Waals surface area contributed by atoms with Crippen molar-refractivity contribution in [3.8, 4) is 0 Å². The van der Waals surface area contributed by atoms with E-state index in [-0.39, 0.29) is 17.7 Å². The monoisotopic (exact) mass is 250 g/mol. The molecule has 0 radical (unpaired) electrons. The van der Waals surface area contributed by atoms with Crippen LogP contribution in [-0.4, -0.2) is 47.3 Å². The SMILES string of the molecule is C=C(C)CN(CC)C(=O)[C@H]1CC(=O)N(C2CC2)C1. The highest BCUT2D eigenvalue weighted by Crippen LogP contribution is 2.33. The summed E-state index contributed by atoms with van der Waals surface area (Å²) >= 11 is 0. The molecule has 2 aliphatic rings. The Hall–Kier alpha value is -1.32. The molecule has 2 amide bonds. The number of amides is 2. The van der Waals surface area contributed by atoms with E-state index in [0.29, 0.717) is 32.1 Å². The van der Waals surface area contributed by atoms with E-state index in [1.54, 1.807) is 4.90 Å². The van der Waals surface area contributed by atoms with Crippen molar-refractivity contribution in [2.45, 2.75) is 39.2 Å². The van der Waals surface area contributed by atoms with E-state index >= 15 is 0 Å². The first kappa shape index (κ1) is 13.1. The number of carbonyl (C=O) groups is 2. The topological polar surface area (TPSA) is 40.6 Å². The van der Waals surface area contributed by atoms with Crippen molar-refractivity contribution < 1.29 is 9.59 Å². The molecule has 4 nitrogen and oxygen atoms in total. The molecule has 0 spiro atoms. The Morgan fingerprint density at radius 1 is 1.50 bits per heavy atom. The Balaban J connectivity index is 1.96. The fourth-order valence-electron chi connectivity index (χ4n) is 2.57. The Labute approximate surface area is 109 Å². The fourth-order valence-corrected chi connectivity index (χ4v) is 2.57. The molecular formula is C14H22N2O2. The molecule has 4 heteroatoms. The molecule has 0 unspecified atom stereocenters. The van der Waals surface area contributed by atoms with Gasteiger partial charge in [0.2, 0.25) is 11.8 Å². The molecule has 0 bridgehead atoms. The predicted molar refractivity (Wildman–Crippen MR) is 69.9 cm³/mol. The van der Waals surface area contributed by atoms with Crippen LogP contribution in [0.4, 0.5) is 0 Å². The maximum Gasteiger partial charge on any atom is 0.228 e. The van der Waals surface area contributed by atoms with Gasteiger partial charge in [-0.05, 0) is 26.7 Å². The first-order chi connectivity index (χ1) is 8.52. The second-order valence-corrected chi connectivity index (χ2v) is 5.49. The second kappa shape index (κ2) is 5.12. The summed E-state index contributed by atoms with van der Waals surface area (Å²) in [6.45, 7) is 9.64. The number of hydrogen-bond donors (Lipinski definition) is 0. The van der Waals surface area contributed by atoms with E-state index in [0.717, 1.165) is 18.4 Å². The van der Waals surface area contributed by atoms with Gasteiger partial charge in [0.05, 0.1) is 5.92 Å². The van der Waals surface area contributed by atoms with Crippen molar-refractivity contribution in [2.24, 2.45) is 5.92 Å². The van der Waals surface area contributed by atoms with Crippen LogP contribution >= 0.6 is 0 Å². The largest absolute Gasteiger partial charge is 0.339 e. The molecule has 100 valence electrons. The van der Waals surface area contributed by atoms with Crippen LogP contribution in [-0.2, 0) is 9.59 Å². The summed E-state index contributed by atoms with van der Waals surface area (Å²) in [5.74, 6) is 0.122. The third-order valence-corrected chi connectivity index (χ3v) is 3.65. The van der Waals surface area contributed by atoms with Crippen LogP contribution in [0.1, 0.15) is 33.1 Å². The highest BCUT2D eigenvalue weighted by Gasteiger charge is 2.42. The summed E-state index contributed by atoms with van der Waals surface area (Å²) in [4.78, 5) is 27.9. The molecule has 18 heavy (non-hydrogen) atoms. The normalized spacial score (nSPS) is 23.3. The predicted octanol–water partition coefficient (Wildman–Crippen LogP) is 1.42. The molecule has 1 aliphatic heterocycles. The highest BCUT2D eigenvalue weighted by atomic mass is 16.2. The Kier molecular flexibility index (Phi) is 3.73. The molecule has 0 aromatic heterocycles. The van der Waals surface area contributed by atoms with Gasteiger partial charge in [-0.2, -0.15) is 0 Å². The number of likely N-dealkylation sites (tertiary alicyclic amines) is 1. The smallest absolute Gasteiger partial charge is 0.228 e. The third kappa shape index (κ3) is 2.74. The summed E-state index contributed by atoms with van der Waals surface area (Å²) in [7, 11) is 0. The summed E-state index contributed by atoms with van der Waals surface area (Å²) in [6.07, 6.45) is 2.61. The quantitative estimate of drug-likeness (QED) is 0.692. The fraction of sp³-hybridized carbons (Fsp3) is 0.714. The minimum atomic E-state index is -0.141. The average Bonchev–Trinajstić information content (AvgIpc) is 3.08. The van der Waals surface area contributed by atoms with E-state index in [4.69, 9.17) is 0 Å². The van der Waals surface area contributed by atoms with Crippen molar-refractivity contribution in [3.63, 3.8) is 0 Å². The van der Waals surface area contributed by atoms with Gasteiger partial charge in [-0.25, -0.2) is 0 Å². The van der Waals surface area contributed by atoms with Gasteiger partial charge in [0.25, 0.3) is 0 Å². The Morgan fingerprint density at radius 3 is 2.67 bits per heavy atom.